The van der Waals surface area contributed by atoms with Crippen LogP contribution in [-0.4, -0.2) is 26.4 Å². The maximum atomic E-state index is 12.2. The van der Waals surface area contributed by atoms with Crippen LogP contribution in [0.4, 0.5) is 5.69 Å². The lowest BCUT2D eigenvalue weighted by molar-refractivity contribution is -0.113. The number of halogens is 1. The largest absolute Gasteiger partial charge is 0.483 e. The predicted octanol–water partition coefficient (Wildman–Crippen LogP) is 4.45. The minimum atomic E-state index is -0.256. The molecule has 8 heteroatoms. The number of nitrogens with one attached hydrogen (secondary N) is 1. The molecule has 3 rings (SSSR count). The zero-order valence-electron chi connectivity index (χ0n) is 14.9. The molecule has 0 aliphatic carbocycles. The van der Waals surface area contributed by atoms with Gasteiger partial charge in [-0.2, -0.15) is 0 Å². The van der Waals surface area contributed by atoms with Crippen molar-refractivity contribution in [2.75, 3.05) is 11.1 Å². The molecule has 0 spiro atoms. The molecule has 2 aromatic carbocycles. The Morgan fingerprint density at radius 1 is 1.19 bits per heavy atom. The lowest BCUT2D eigenvalue weighted by Crippen LogP contribution is -2.15. The molecular weight excluding hydrogens is 428 g/mol. The number of anilines is 1. The van der Waals surface area contributed by atoms with Gasteiger partial charge in [0.2, 0.25) is 5.91 Å². The minimum absolute atomic E-state index is 0.106. The van der Waals surface area contributed by atoms with Gasteiger partial charge < -0.3 is 14.6 Å². The topological polar surface area (TPSA) is 69.0 Å². The highest BCUT2D eigenvalue weighted by Gasteiger charge is 2.18. The molecule has 0 saturated heterocycles. The Labute approximate surface area is 170 Å². The number of ether oxygens (including phenoxy) is 1. The Morgan fingerprint density at radius 3 is 2.63 bits per heavy atom. The Hall–Kier alpha value is -2.32. The number of hydrogen-bond donors (Lipinski definition) is 1. The van der Waals surface area contributed by atoms with E-state index in [4.69, 9.17) is 4.74 Å². The van der Waals surface area contributed by atoms with E-state index in [0.29, 0.717) is 11.0 Å². The fourth-order valence-corrected chi connectivity index (χ4v) is 3.54. The van der Waals surface area contributed by atoms with E-state index in [0.717, 1.165) is 15.9 Å². The van der Waals surface area contributed by atoms with E-state index >= 15 is 0 Å². The third kappa shape index (κ3) is 5.11. The summed E-state index contributed by atoms with van der Waals surface area (Å²) in [4.78, 5) is 12.2. The highest BCUT2D eigenvalue weighted by molar-refractivity contribution is 9.10. The number of hydrogen-bond acceptors (Lipinski definition) is 5. The summed E-state index contributed by atoms with van der Waals surface area (Å²) in [6.45, 7) is 1.92. The predicted molar refractivity (Wildman–Crippen MR) is 110 cm³/mol. The van der Waals surface area contributed by atoms with Crippen molar-refractivity contribution < 1.29 is 9.53 Å². The number of nitrogens with zero attached hydrogens (tertiary/aromatic N) is 3. The first kappa shape index (κ1) is 19.4. The van der Waals surface area contributed by atoms with Crippen molar-refractivity contribution in [3.05, 3.63) is 64.9 Å². The van der Waals surface area contributed by atoms with E-state index in [-0.39, 0.29) is 17.8 Å². The van der Waals surface area contributed by atoms with E-state index in [1.54, 1.807) is 0 Å². The number of thioether (sulfide) groups is 1. The quantitative estimate of drug-likeness (QED) is 0.542. The van der Waals surface area contributed by atoms with Gasteiger partial charge in [-0.25, -0.2) is 0 Å². The second-order valence-corrected chi connectivity index (χ2v) is 7.59. The molecule has 3 aromatic rings. The van der Waals surface area contributed by atoms with E-state index in [1.807, 2.05) is 73.1 Å². The van der Waals surface area contributed by atoms with E-state index in [1.165, 1.54) is 11.8 Å². The zero-order valence-corrected chi connectivity index (χ0v) is 17.3. The van der Waals surface area contributed by atoms with Crippen LogP contribution in [0.1, 0.15) is 18.9 Å². The number of carbonyl (C=O) groups excluding carboxylic acids is 1. The molecule has 1 aromatic heterocycles. The second-order valence-electron chi connectivity index (χ2n) is 5.79. The summed E-state index contributed by atoms with van der Waals surface area (Å²) < 4.78 is 8.59. The van der Waals surface area contributed by atoms with Gasteiger partial charge >= 0.3 is 0 Å². The number of rotatable bonds is 7. The average molecular weight is 447 g/mol. The molecule has 1 amide bonds. The molecule has 0 aliphatic heterocycles. The van der Waals surface area contributed by atoms with Crippen LogP contribution in [0.5, 0.6) is 5.75 Å². The standard InChI is InChI=1S/C19H19BrN4O2S/c1-13(26-14-8-4-3-5-9-14)18-22-23-19(24(18)2)27-12-17(25)21-16-11-7-6-10-15(16)20/h3-11,13H,12H2,1-2H3,(H,21,25). The summed E-state index contributed by atoms with van der Waals surface area (Å²) in [5.74, 6) is 1.61. The molecule has 1 heterocycles. The molecule has 0 saturated carbocycles. The van der Waals surface area contributed by atoms with Crippen LogP contribution in [0.3, 0.4) is 0 Å². The smallest absolute Gasteiger partial charge is 0.234 e. The van der Waals surface area contributed by atoms with Crippen LogP contribution >= 0.6 is 27.7 Å². The van der Waals surface area contributed by atoms with Crippen molar-refractivity contribution in [1.82, 2.24) is 14.8 Å². The van der Waals surface area contributed by atoms with Gasteiger partial charge in [-0.15, -0.1) is 10.2 Å². The lowest BCUT2D eigenvalue weighted by atomic mass is 10.3. The van der Waals surface area contributed by atoms with Gasteiger partial charge in [-0.3, -0.25) is 4.79 Å². The Morgan fingerprint density at radius 2 is 1.89 bits per heavy atom. The summed E-state index contributed by atoms with van der Waals surface area (Å²) in [6.07, 6.45) is -0.256. The summed E-state index contributed by atoms with van der Waals surface area (Å²) in [5.41, 5.74) is 0.742. The molecule has 1 atom stereocenters. The summed E-state index contributed by atoms with van der Waals surface area (Å²) in [7, 11) is 1.87. The average Bonchev–Trinajstić information content (AvgIpc) is 3.03. The van der Waals surface area contributed by atoms with Crippen molar-refractivity contribution in [2.45, 2.75) is 18.2 Å². The molecule has 6 nitrogen and oxygen atoms in total. The normalized spacial score (nSPS) is 11.8. The van der Waals surface area contributed by atoms with Crippen molar-refractivity contribution in [1.29, 1.82) is 0 Å². The van der Waals surface area contributed by atoms with Gasteiger partial charge in [0, 0.05) is 11.5 Å². The van der Waals surface area contributed by atoms with E-state index in [2.05, 4.69) is 31.4 Å². The molecular formula is C19H19BrN4O2S. The molecule has 0 radical (unpaired) electrons. The first-order valence-electron chi connectivity index (χ1n) is 8.32. The van der Waals surface area contributed by atoms with Crippen LogP contribution in [0.2, 0.25) is 0 Å². The van der Waals surface area contributed by atoms with Crippen LogP contribution in [0.15, 0.2) is 64.2 Å². The molecule has 0 bridgehead atoms. The molecule has 0 fully saturated rings. The summed E-state index contributed by atoms with van der Waals surface area (Å²) >= 11 is 4.75. The number of para-hydroxylation sites is 2. The summed E-state index contributed by atoms with van der Waals surface area (Å²) in [5, 5.41) is 11.9. The molecule has 1 unspecified atom stereocenters. The van der Waals surface area contributed by atoms with Crippen molar-refractivity contribution >= 4 is 39.3 Å². The Kier molecular flexibility index (Phi) is 6.52. The maximum absolute atomic E-state index is 12.2. The van der Waals surface area contributed by atoms with Crippen LogP contribution in [-0.2, 0) is 11.8 Å². The molecule has 1 N–H and O–H groups in total. The molecule has 0 aliphatic rings. The number of amides is 1. The van der Waals surface area contributed by atoms with Crippen molar-refractivity contribution in [3.8, 4) is 5.75 Å². The fraction of sp³-hybridized carbons (Fsp3) is 0.211. The molecule has 27 heavy (non-hydrogen) atoms. The number of benzene rings is 2. The van der Waals surface area contributed by atoms with Crippen LogP contribution in [0.25, 0.3) is 0 Å². The first-order valence-corrected chi connectivity index (χ1v) is 10.1. The second kappa shape index (κ2) is 9.05. The first-order chi connectivity index (χ1) is 13.0. The van der Waals surface area contributed by atoms with Gasteiger partial charge in [0.15, 0.2) is 17.1 Å². The van der Waals surface area contributed by atoms with Crippen LogP contribution < -0.4 is 10.1 Å². The molecule has 140 valence electrons. The minimum Gasteiger partial charge on any atom is -0.483 e. The van der Waals surface area contributed by atoms with Crippen LogP contribution in [0, 0.1) is 0 Å². The van der Waals surface area contributed by atoms with E-state index in [9.17, 15) is 4.79 Å². The Bertz CT molecular complexity index is 917. The van der Waals surface area contributed by atoms with Gasteiger partial charge in [0.05, 0.1) is 11.4 Å². The number of carbonyl (C=O) groups is 1. The van der Waals surface area contributed by atoms with E-state index < -0.39 is 0 Å². The highest BCUT2D eigenvalue weighted by atomic mass is 79.9. The SMILES string of the molecule is CC(Oc1ccccc1)c1nnc(SCC(=O)Nc2ccccc2Br)n1C. The highest BCUT2D eigenvalue weighted by Crippen LogP contribution is 2.24. The summed E-state index contributed by atoms with van der Waals surface area (Å²) in [6, 6.07) is 17.1. The van der Waals surface area contributed by atoms with Crippen molar-refractivity contribution in [2.24, 2.45) is 7.05 Å². The Balaban J connectivity index is 1.58. The lowest BCUT2D eigenvalue weighted by Gasteiger charge is -2.14. The number of aromatic nitrogens is 3. The van der Waals surface area contributed by atoms with Gasteiger partial charge in [0.1, 0.15) is 5.75 Å². The van der Waals surface area contributed by atoms with Crippen molar-refractivity contribution in [3.63, 3.8) is 0 Å². The van der Waals surface area contributed by atoms with Gasteiger partial charge in [-0.05, 0) is 47.1 Å². The monoisotopic (exact) mass is 446 g/mol. The van der Waals surface area contributed by atoms with Gasteiger partial charge in [0.25, 0.3) is 0 Å². The third-order valence-corrected chi connectivity index (χ3v) is 5.48. The van der Waals surface area contributed by atoms with Gasteiger partial charge in [-0.1, -0.05) is 42.1 Å². The maximum Gasteiger partial charge on any atom is 0.234 e. The zero-order chi connectivity index (χ0) is 19.2. The third-order valence-electron chi connectivity index (χ3n) is 3.77. The fourth-order valence-electron chi connectivity index (χ4n) is 2.44.